The van der Waals surface area contributed by atoms with Gasteiger partial charge in [0.15, 0.2) is 0 Å². The molecular formula is C26H35N3O5S. The Morgan fingerprint density at radius 1 is 1.06 bits per heavy atom. The number of rotatable bonds is 8. The van der Waals surface area contributed by atoms with Crippen molar-refractivity contribution in [1.29, 1.82) is 0 Å². The van der Waals surface area contributed by atoms with Gasteiger partial charge in [-0.15, -0.1) is 0 Å². The Labute approximate surface area is 212 Å². The number of carbonyl (C=O) groups is 3. The summed E-state index contributed by atoms with van der Waals surface area (Å²) >= 11 is 4.27. The third-order valence-electron chi connectivity index (χ3n) is 5.12. The molecule has 8 nitrogen and oxygen atoms in total. The number of benzene rings is 2. The zero-order valence-electron chi connectivity index (χ0n) is 21.0. The highest BCUT2D eigenvalue weighted by Gasteiger charge is 2.37. The van der Waals surface area contributed by atoms with Gasteiger partial charge in [0.1, 0.15) is 23.4 Å². The van der Waals surface area contributed by atoms with Crippen molar-refractivity contribution in [2.24, 2.45) is 0 Å². The number of hydrogen-bond acceptors (Lipinski definition) is 6. The first-order valence-corrected chi connectivity index (χ1v) is 12.0. The zero-order valence-corrected chi connectivity index (χ0v) is 21.9. The SMILES string of the molecule is Cc1ccccc1NC(=O)C(c1ccc(O)cc1)N(C(=O)C(CS)NC(=O)OC(C)(C)C)C(C)C. The topological polar surface area (TPSA) is 108 Å². The molecule has 0 spiro atoms. The number of carbonyl (C=O) groups excluding carboxylic acids is 3. The number of para-hydroxylation sites is 1. The molecule has 0 heterocycles. The lowest BCUT2D eigenvalue weighted by Crippen LogP contribution is -2.55. The van der Waals surface area contributed by atoms with Crippen LogP contribution in [0.2, 0.25) is 0 Å². The van der Waals surface area contributed by atoms with Crippen LogP contribution in [0.3, 0.4) is 0 Å². The maximum Gasteiger partial charge on any atom is 0.408 e. The van der Waals surface area contributed by atoms with Crippen LogP contribution in [0, 0.1) is 6.92 Å². The van der Waals surface area contributed by atoms with Crippen LogP contribution < -0.4 is 10.6 Å². The molecule has 2 unspecified atom stereocenters. The standard InChI is InChI=1S/C26H35N3O5S/c1-16(2)29(24(32)21(15-35)28-25(33)34-26(4,5)6)22(18-11-13-19(30)14-12-18)23(31)27-20-10-8-7-9-17(20)3/h7-14,16,21-22,30,35H,15H2,1-6H3,(H,27,31)(H,28,33). The Bertz CT molecular complexity index is 1030. The van der Waals surface area contributed by atoms with E-state index < -0.39 is 41.6 Å². The van der Waals surface area contributed by atoms with Gasteiger partial charge in [-0.1, -0.05) is 30.3 Å². The van der Waals surface area contributed by atoms with E-state index in [1.807, 2.05) is 25.1 Å². The Morgan fingerprint density at radius 2 is 1.66 bits per heavy atom. The fourth-order valence-corrected chi connectivity index (χ4v) is 3.75. The van der Waals surface area contributed by atoms with Crippen LogP contribution >= 0.6 is 12.6 Å². The predicted molar refractivity (Wildman–Crippen MR) is 140 cm³/mol. The smallest absolute Gasteiger partial charge is 0.408 e. The predicted octanol–water partition coefficient (Wildman–Crippen LogP) is 4.44. The number of nitrogens with one attached hydrogen (secondary N) is 2. The molecule has 0 aliphatic rings. The minimum absolute atomic E-state index is 0.00298. The minimum atomic E-state index is -1.04. The highest BCUT2D eigenvalue weighted by Crippen LogP contribution is 2.28. The molecule has 0 aromatic heterocycles. The summed E-state index contributed by atoms with van der Waals surface area (Å²) < 4.78 is 5.30. The molecule has 190 valence electrons. The lowest BCUT2D eigenvalue weighted by atomic mass is 10.0. The van der Waals surface area contributed by atoms with Crippen molar-refractivity contribution in [3.63, 3.8) is 0 Å². The molecule has 0 radical (unpaired) electrons. The number of aryl methyl sites for hydroxylation is 1. The normalized spacial score (nSPS) is 13.0. The second kappa shape index (κ2) is 12.0. The molecule has 2 aromatic rings. The van der Waals surface area contributed by atoms with E-state index in [0.29, 0.717) is 11.3 Å². The third kappa shape index (κ3) is 7.92. The number of phenolic OH excluding ortho intramolecular Hbond substituents is 1. The maximum atomic E-state index is 13.7. The molecule has 0 saturated carbocycles. The van der Waals surface area contributed by atoms with Crippen LogP contribution in [-0.4, -0.2) is 51.4 Å². The van der Waals surface area contributed by atoms with Crippen molar-refractivity contribution < 1.29 is 24.2 Å². The quantitative estimate of drug-likeness (QED) is 0.400. The van der Waals surface area contributed by atoms with Crippen molar-refractivity contribution in [1.82, 2.24) is 10.2 Å². The molecule has 0 aliphatic carbocycles. The van der Waals surface area contributed by atoms with Crippen LogP contribution in [0.5, 0.6) is 5.75 Å². The number of amides is 3. The largest absolute Gasteiger partial charge is 0.508 e. The van der Waals surface area contributed by atoms with Gasteiger partial charge in [0.25, 0.3) is 5.91 Å². The monoisotopic (exact) mass is 501 g/mol. The Balaban J connectivity index is 2.45. The van der Waals surface area contributed by atoms with E-state index in [0.717, 1.165) is 5.56 Å². The van der Waals surface area contributed by atoms with Crippen molar-refractivity contribution in [2.45, 2.75) is 65.3 Å². The van der Waals surface area contributed by atoms with E-state index in [9.17, 15) is 19.5 Å². The first-order valence-electron chi connectivity index (χ1n) is 11.4. The summed E-state index contributed by atoms with van der Waals surface area (Å²) in [6.45, 7) is 10.6. The number of phenols is 1. The average molecular weight is 502 g/mol. The third-order valence-corrected chi connectivity index (χ3v) is 5.49. The highest BCUT2D eigenvalue weighted by atomic mass is 32.1. The van der Waals surface area contributed by atoms with Crippen LogP contribution in [0.25, 0.3) is 0 Å². The van der Waals surface area contributed by atoms with Gasteiger partial charge < -0.3 is 25.4 Å². The number of thiol groups is 1. The Kier molecular flexibility index (Phi) is 9.59. The molecule has 3 amide bonds. The first kappa shape index (κ1) is 28.0. The molecule has 0 bridgehead atoms. The van der Waals surface area contributed by atoms with E-state index in [-0.39, 0.29) is 11.5 Å². The Hall–Kier alpha value is -3.20. The van der Waals surface area contributed by atoms with Crippen molar-refractivity contribution in [2.75, 3.05) is 11.1 Å². The van der Waals surface area contributed by atoms with Gasteiger partial charge >= 0.3 is 6.09 Å². The number of nitrogens with zero attached hydrogens (tertiary/aromatic N) is 1. The summed E-state index contributed by atoms with van der Waals surface area (Å²) in [5, 5.41) is 15.3. The van der Waals surface area contributed by atoms with Crippen LogP contribution in [-0.2, 0) is 14.3 Å². The van der Waals surface area contributed by atoms with E-state index in [1.54, 1.807) is 52.8 Å². The van der Waals surface area contributed by atoms with E-state index in [1.165, 1.54) is 17.0 Å². The second-order valence-corrected chi connectivity index (χ2v) is 9.88. The lowest BCUT2D eigenvalue weighted by Gasteiger charge is -2.37. The van der Waals surface area contributed by atoms with E-state index >= 15 is 0 Å². The van der Waals surface area contributed by atoms with Crippen molar-refractivity contribution >= 4 is 36.2 Å². The summed E-state index contributed by atoms with van der Waals surface area (Å²) in [7, 11) is 0. The summed E-state index contributed by atoms with van der Waals surface area (Å²) in [4.78, 5) is 41.1. The van der Waals surface area contributed by atoms with Crippen LogP contribution in [0.1, 0.15) is 51.8 Å². The fraction of sp³-hybridized carbons (Fsp3) is 0.423. The lowest BCUT2D eigenvalue weighted by molar-refractivity contribution is -0.142. The fourth-order valence-electron chi connectivity index (χ4n) is 3.50. The first-order chi connectivity index (χ1) is 16.3. The van der Waals surface area contributed by atoms with Gasteiger partial charge in [-0.05, 0) is 70.9 Å². The molecule has 0 aliphatic heterocycles. The van der Waals surface area contributed by atoms with Gasteiger partial charge in [-0.3, -0.25) is 9.59 Å². The van der Waals surface area contributed by atoms with Gasteiger partial charge in [-0.25, -0.2) is 4.79 Å². The molecule has 35 heavy (non-hydrogen) atoms. The second-order valence-electron chi connectivity index (χ2n) is 9.52. The molecule has 2 atom stereocenters. The van der Waals surface area contributed by atoms with E-state index in [2.05, 4.69) is 23.3 Å². The molecule has 3 N–H and O–H groups in total. The Morgan fingerprint density at radius 3 is 2.17 bits per heavy atom. The van der Waals surface area contributed by atoms with Gasteiger partial charge in [-0.2, -0.15) is 12.6 Å². The summed E-state index contributed by atoms with van der Waals surface area (Å²) in [5.41, 5.74) is 1.25. The summed E-state index contributed by atoms with van der Waals surface area (Å²) in [6, 6.07) is 11.0. The summed E-state index contributed by atoms with van der Waals surface area (Å²) in [6.07, 6.45) is -0.751. The van der Waals surface area contributed by atoms with Crippen molar-refractivity contribution in [3.8, 4) is 5.75 Å². The molecular weight excluding hydrogens is 466 g/mol. The van der Waals surface area contributed by atoms with Crippen LogP contribution in [0.15, 0.2) is 48.5 Å². The number of alkyl carbamates (subject to hydrolysis) is 1. The minimum Gasteiger partial charge on any atom is -0.508 e. The zero-order chi connectivity index (χ0) is 26.3. The molecule has 2 rings (SSSR count). The molecule has 2 aromatic carbocycles. The average Bonchev–Trinajstić information content (AvgIpc) is 2.76. The number of aromatic hydroxyl groups is 1. The molecule has 0 saturated heterocycles. The highest BCUT2D eigenvalue weighted by molar-refractivity contribution is 7.80. The van der Waals surface area contributed by atoms with E-state index in [4.69, 9.17) is 4.74 Å². The number of hydrogen-bond donors (Lipinski definition) is 4. The van der Waals surface area contributed by atoms with Gasteiger partial charge in [0.05, 0.1) is 0 Å². The molecule has 9 heteroatoms. The number of ether oxygens (including phenoxy) is 1. The van der Waals surface area contributed by atoms with Crippen molar-refractivity contribution in [3.05, 3.63) is 59.7 Å². The van der Waals surface area contributed by atoms with Gasteiger partial charge in [0, 0.05) is 17.5 Å². The van der Waals surface area contributed by atoms with Gasteiger partial charge in [0.2, 0.25) is 5.91 Å². The maximum absolute atomic E-state index is 13.7. The van der Waals surface area contributed by atoms with Crippen LogP contribution in [0.4, 0.5) is 10.5 Å². The summed E-state index contributed by atoms with van der Waals surface area (Å²) in [5.74, 6) is -0.877. The molecule has 0 fully saturated rings. The number of anilines is 1.